The number of likely N-dealkylation sites (tertiary alicyclic amines) is 1. The number of ether oxygens (including phenoxy) is 2. The van der Waals surface area contributed by atoms with Crippen molar-refractivity contribution in [2.75, 3.05) is 32.5 Å². The molecule has 35 heavy (non-hydrogen) atoms. The van der Waals surface area contributed by atoms with E-state index in [0.717, 1.165) is 0 Å². The van der Waals surface area contributed by atoms with E-state index < -0.39 is 24.1 Å². The van der Waals surface area contributed by atoms with Crippen LogP contribution in [0.5, 0.6) is 11.5 Å². The average molecular weight is 505 g/mol. The summed E-state index contributed by atoms with van der Waals surface area (Å²) in [5, 5.41) is 15.7. The first kappa shape index (κ1) is 23.5. The molecule has 0 spiro atoms. The molecule has 0 unspecified atom stereocenters. The summed E-state index contributed by atoms with van der Waals surface area (Å²) in [4.78, 5) is 22.8. The summed E-state index contributed by atoms with van der Waals surface area (Å²) in [7, 11) is 1.43. The molecule has 186 valence electrons. The second-order valence-electron chi connectivity index (χ2n) is 8.33. The molecule has 4 rings (SSSR count). The number of aliphatic hydroxyl groups excluding tert-OH is 1. The van der Waals surface area contributed by atoms with Gasteiger partial charge in [-0.2, -0.15) is 0 Å². The number of carbonyl (C=O) groups is 1. The molecule has 2 heterocycles. The van der Waals surface area contributed by atoms with Crippen LogP contribution >= 0.6 is 11.6 Å². The highest BCUT2D eigenvalue weighted by Gasteiger charge is 2.36. The van der Waals surface area contributed by atoms with Gasteiger partial charge in [0.2, 0.25) is 5.91 Å². The quantitative estimate of drug-likeness (QED) is 0.429. The second kappa shape index (κ2) is 10.6. The number of methoxy groups -OCH3 is 1. The molecule has 0 saturated carbocycles. The Labute approximate surface area is 208 Å². The van der Waals surface area contributed by atoms with Crippen molar-refractivity contribution in [3.63, 3.8) is 0 Å². The van der Waals surface area contributed by atoms with Crippen molar-refractivity contribution < 1.29 is 25.1 Å². The second-order valence-corrected chi connectivity index (χ2v) is 8.73. The molecule has 0 bridgehead atoms. The monoisotopic (exact) mass is 504 g/mol. The van der Waals surface area contributed by atoms with E-state index in [1.54, 1.807) is 36.1 Å². The topological polar surface area (TPSA) is 109 Å². The number of rotatable bonds is 8. The molecule has 1 aliphatic rings. The van der Waals surface area contributed by atoms with Crippen LogP contribution in [0.2, 0.25) is 5.02 Å². The van der Waals surface area contributed by atoms with Crippen LogP contribution < -0.4 is 20.1 Å². The van der Waals surface area contributed by atoms with Gasteiger partial charge in [-0.15, -0.1) is 0 Å². The van der Waals surface area contributed by atoms with Gasteiger partial charge in [0.15, 0.2) is 17.3 Å². The van der Waals surface area contributed by atoms with Crippen LogP contribution in [0.1, 0.15) is 14.7 Å². The lowest BCUT2D eigenvalue weighted by Gasteiger charge is -2.18. The number of halogens is 2. The number of benzene rings is 2. The molecule has 3 N–H and O–H groups in total. The van der Waals surface area contributed by atoms with E-state index in [1.807, 2.05) is 0 Å². The third-order valence-electron chi connectivity index (χ3n) is 5.66. The Bertz CT molecular complexity index is 1250. The van der Waals surface area contributed by atoms with E-state index in [9.17, 15) is 14.3 Å². The summed E-state index contributed by atoms with van der Waals surface area (Å²) < 4.78 is 34.0. The highest BCUT2D eigenvalue weighted by molar-refractivity contribution is 6.31. The van der Waals surface area contributed by atoms with Crippen molar-refractivity contribution in [2.45, 2.75) is 31.6 Å². The number of fused-ring (bicyclic) bond motifs is 1. The normalized spacial score (nSPS) is 19.3. The Morgan fingerprint density at radius 2 is 2.23 bits per heavy atom. The summed E-state index contributed by atoms with van der Waals surface area (Å²) in [5.41, 5.74) is 0.711. The van der Waals surface area contributed by atoms with Crippen molar-refractivity contribution in [2.24, 2.45) is 0 Å². The summed E-state index contributed by atoms with van der Waals surface area (Å²) in [6.07, 6.45) is 0.650. The molecular weight excluding hydrogens is 477 g/mol. The number of hydrogen-bond donors (Lipinski definition) is 3. The van der Waals surface area contributed by atoms with Gasteiger partial charge in [-0.1, -0.05) is 17.7 Å². The van der Waals surface area contributed by atoms with Gasteiger partial charge in [0, 0.05) is 32.3 Å². The summed E-state index contributed by atoms with van der Waals surface area (Å²) >= 11 is 5.91. The van der Waals surface area contributed by atoms with Gasteiger partial charge in [0.1, 0.15) is 18.2 Å². The van der Waals surface area contributed by atoms with Gasteiger partial charge in [-0.05, 0) is 32.1 Å². The first-order chi connectivity index (χ1) is 17.3. The van der Waals surface area contributed by atoms with Gasteiger partial charge < -0.3 is 25.2 Å². The highest BCUT2D eigenvalue weighted by Crippen LogP contribution is 2.37. The fourth-order valence-electron chi connectivity index (χ4n) is 3.91. The molecule has 0 radical (unpaired) electrons. The van der Waals surface area contributed by atoms with E-state index in [4.69, 9.17) is 22.4 Å². The lowest BCUT2D eigenvalue weighted by molar-refractivity contribution is -0.125. The molecule has 3 atom stereocenters. The highest BCUT2D eigenvalue weighted by atomic mass is 35.5. The average Bonchev–Trinajstić information content (AvgIpc) is 3.28. The van der Waals surface area contributed by atoms with Crippen LogP contribution in [-0.4, -0.2) is 71.4 Å². The predicted octanol–water partition coefficient (Wildman–Crippen LogP) is 3.12. The molecular formula is C24H27ClFN5O4. The molecule has 11 heteroatoms. The molecule has 3 aromatic rings. The van der Waals surface area contributed by atoms with Crippen LogP contribution in [-0.2, 0) is 4.79 Å². The molecule has 9 nitrogen and oxygen atoms in total. The maximum absolute atomic E-state index is 14.5. The largest absolute Gasteiger partial charge is 0.493 e. The molecule has 1 amide bonds. The minimum atomic E-state index is -0.667. The molecule has 1 saturated heterocycles. The Hall–Kier alpha value is -3.21. The fourth-order valence-corrected chi connectivity index (χ4v) is 4.08. The lowest BCUT2D eigenvalue weighted by Crippen LogP contribution is -2.43. The van der Waals surface area contributed by atoms with Crippen molar-refractivity contribution in [3.05, 3.63) is 47.5 Å². The zero-order valence-corrected chi connectivity index (χ0v) is 20.1. The Morgan fingerprint density at radius 1 is 1.40 bits per heavy atom. The summed E-state index contributed by atoms with van der Waals surface area (Å²) in [6, 6.07) is 7.47. The number of aliphatic hydroxyl groups is 1. The van der Waals surface area contributed by atoms with Gasteiger partial charge in [0.05, 0.1) is 35.5 Å². The number of amides is 1. The molecule has 1 aromatic heterocycles. The number of nitrogens with zero attached hydrogens (tertiary/aromatic N) is 3. The number of likely N-dealkylation sites (N-methyl/N-ethyl adjacent to an activating group) is 1. The number of anilines is 2. The fraction of sp³-hybridized carbons (Fsp3) is 0.375. The smallest absolute Gasteiger partial charge is 0.237 e. The van der Waals surface area contributed by atoms with E-state index in [-0.39, 0.29) is 30.2 Å². The Morgan fingerprint density at radius 3 is 2.97 bits per heavy atom. The predicted molar refractivity (Wildman–Crippen MR) is 131 cm³/mol. The van der Waals surface area contributed by atoms with Crippen LogP contribution in [0.15, 0.2) is 36.7 Å². The van der Waals surface area contributed by atoms with Crippen LogP contribution in [0.4, 0.5) is 15.9 Å². The maximum Gasteiger partial charge on any atom is 0.237 e. The maximum atomic E-state index is 14.5. The number of nitrogens with one attached hydrogen (secondary N) is 2. The van der Waals surface area contributed by atoms with Gasteiger partial charge >= 0.3 is 0 Å². The Kier molecular flexibility index (Phi) is 7.12. The first-order valence-electron chi connectivity index (χ1n) is 11.7. The van der Waals surface area contributed by atoms with Crippen LogP contribution in [0, 0.1) is 5.82 Å². The zero-order chi connectivity index (χ0) is 25.8. The number of hydrogen-bond acceptors (Lipinski definition) is 8. The first-order valence-corrected chi connectivity index (χ1v) is 11.4. The molecule has 1 aliphatic heterocycles. The van der Waals surface area contributed by atoms with Crippen LogP contribution in [0.25, 0.3) is 10.9 Å². The molecule has 2 aromatic carbocycles. The van der Waals surface area contributed by atoms with Gasteiger partial charge in [0.25, 0.3) is 0 Å². The van der Waals surface area contributed by atoms with Crippen molar-refractivity contribution in [1.82, 2.24) is 20.2 Å². The van der Waals surface area contributed by atoms with E-state index in [1.165, 1.54) is 19.5 Å². The third kappa shape index (κ3) is 5.55. The zero-order valence-electron chi connectivity index (χ0n) is 20.3. The summed E-state index contributed by atoms with van der Waals surface area (Å²) in [5.74, 6) is 0.318. The van der Waals surface area contributed by atoms with E-state index in [2.05, 4.69) is 20.6 Å². The number of carbonyl (C=O) groups excluding carboxylic acids is 1. The van der Waals surface area contributed by atoms with Crippen molar-refractivity contribution in [3.8, 4) is 11.5 Å². The van der Waals surface area contributed by atoms with Gasteiger partial charge in [-0.3, -0.25) is 9.69 Å². The SMILES string of the molecule is [2H]CN1C[C@@H](Oc2cc3c(Nc4cccc(Cl)c4F)ncnc3cc2OC)C[C@H]1C(=O)NC[C@@H](C)O. The Balaban J connectivity index is 1.60. The van der Waals surface area contributed by atoms with Crippen molar-refractivity contribution in [1.29, 1.82) is 0 Å². The van der Waals surface area contributed by atoms with Crippen molar-refractivity contribution >= 4 is 39.9 Å². The standard InChI is InChI=1S/C24H27ClFN5O4/c1-13(32)10-27-24(33)19-7-14(11-31(19)2)35-21-8-15-18(9-20(21)34-3)28-12-29-23(15)30-17-6-4-5-16(25)22(17)26/h4-6,8-9,12-14,19,32H,7,10-11H2,1-3H3,(H,27,33)(H,28,29,30)/t13-,14+,19+/m1/s1/i2D. The van der Waals surface area contributed by atoms with E-state index >= 15 is 0 Å². The molecule has 0 aliphatic carbocycles. The minimum Gasteiger partial charge on any atom is -0.493 e. The third-order valence-corrected chi connectivity index (χ3v) is 5.95. The molecule has 1 fully saturated rings. The number of aromatic nitrogens is 2. The lowest BCUT2D eigenvalue weighted by atomic mass is 10.1. The summed E-state index contributed by atoms with van der Waals surface area (Å²) in [6.45, 7) is 2.08. The van der Waals surface area contributed by atoms with E-state index in [0.29, 0.717) is 41.2 Å². The minimum absolute atomic E-state index is 0.0173. The van der Waals surface area contributed by atoms with Crippen LogP contribution in [0.3, 0.4) is 0 Å². The van der Waals surface area contributed by atoms with Gasteiger partial charge in [-0.25, -0.2) is 14.4 Å².